The average Bonchev–Trinajstić information content (AvgIpc) is 2.91. The van der Waals surface area contributed by atoms with Crippen LogP contribution in [0.2, 0.25) is 5.02 Å². The Morgan fingerprint density at radius 2 is 2.13 bits per heavy atom. The van der Waals surface area contributed by atoms with Crippen molar-refractivity contribution in [3.63, 3.8) is 0 Å². The van der Waals surface area contributed by atoms with Crippen LogP contribution in [0.1, 0.15) is 18.4 Å². The van der Waals surface area contributed by atoms with Crippen LogP contribution in [-0.4, -0.2) is 22.9 Å². The monoisotopic (exact) mass is 228 g/mol. The molecular formula is C11H13ClO3. The smallest absolute Gasteiger partial charge is 0.165 e. The van der Waals surface area contributed by atoms with Gasteiger partial charge in [-0.1, -0.05) is 11.6 Å². The number of benzene rings is 1. The quantitative estimate of drug-likeness (QED) is 0.833. The molecule has 0 heterocycles. The molecule has 4 heteroatoms. The van der Waals surface area contributed by atoms with Gasteiger partial charge in [0.05, 0.1) is 12.7 Å². The van der Waals surface area contributed by atoms with Gasteiger partial charge in [-0.2, -0.15) is 0 Å². The van der Waals surface area contributed by atoms with E-state index in [2.05, 4.69) is 0 Å². The largest absolute Gasteiger partial charge is 0.504 e. The molecule has 1 aromatic rings. The summed E-state index contributed by atoms with van der Waals surface area (Å²) in [7, 11) is 1.48. The van der Waals surface area contributed by atoms with Gasteiger partial charge in [0, 0.05) is 17.0 Å². The maximum absolute atomic E-state index is 9.82. The highest BCUT2D eigenvalue weighted by atomic mass is 35.5. The molecule has 0 unspecified atom stereocenters. The van der Waals surface area contributed by atoms with Crippen LogP contribution >= 0.6 is 11.6 Å². The highest BCUT2D eigenvalue weighted by Crippen LogP contribution is 2.44. The van der Waals surface area contributed by atoms with Crippen molar-refractivity contribution < 1.29 is 14.9 Å². The van der Waals surface area contributed by atoms with Gasteiger partial charge in [0.15, 0.2) is 11.5 Å². The zero-order chi connectivity index (χ0) is 11.1. The Morgan fingerprint density at radius 3 is 2.67 bits per heavy atom. The average molecular weight is 229 g/mol. The summed E-state index contributed by atoms with van der Waals surface area (Å²) in [5.74, 6) is 0.420. The zero-order valence-corrected chi connectivity index (χ0v) is 9.21. The summed E-state index contributed by atoms with van der Waals surface area (Å²) in [5.41, 5.74) is 0.0317. The van der Waals surface area contributed by atoms with E-state index in [0.717, 1.165) is 12.8 Å². The first-order valence-electron chi connectivity index (χ1n) is 4.82. The Labute approximate surface area is 93.3 Å². The van der Waals surface area contributed by atoms with Gasteiger partial charge in [0.25, 0.3) is 0 Å². The van der Waals surface area contributed by atoms with Crippen LogP contribution < -0.4 is 4.74 Å². The number of halogens is 1. The van der Waals surface area contributed by atoms with Gasteiger partial charge in [0.1, 0.15) is 0 Å². The van der Waals surface area contributed by atoms with Crippen LogP contribution in [0.4, 0.5) is 0 Å². The molecule has 2 rings (SSSR count). The number of methoxy groups -OCH3 is 1. The van der Waals surface area contributed by atoms with Crippen molar-refractivity contribution in [3.8, 4) is 11.5 Å². The molecule has 1 aromatic carbocycles. The minimum atomic E-state index is -0.648. The molecule has 1 saturated carbocycles. The molecule has 0 saturated heterocycles. The van der Waals surface area contributed by atoms with Crippen molar-refractivity contribution in [1.82, 2.24) is 0 Å². The van der Waals surface area contributed by atoms with E-state index in [1.165, 1.54) is 13.2 Å². The summed E-state index contributed by atoms with van der Waals surface area (Å²) in [6.45, 7) is 0. The standard InChI is InChI=1S/C11H13ClO3/c1-15-10-7(6-11(14)4-5-11)8(12)2-3-9(10)13/h2-3,13-14H,4-6H2,1H3. The molecule has 3 nitrogen and oxygen atoms in total. The fraction of sp³-hybridized carbons (Fsp3) is 0.455. The number of aliphatic hydroxyl groups is 1. The normalized spacial score (nSPS) is 17.5. The van der Waals surface area contributed by atoms with Crippen LogP contribution in [0.5, 0.6) is 11.5 Å². The minimum Gasteiger partial charge on any atom is -0.504 e. The summed E-state index contributed by atoms with van der Waals surface area (Å²) < 4.78 is 5.09. The van der Waals surface area contributed by atoms with Gasteiger partial charge >= 0.3 is 0 Å². The number of hydrogen-bond acceptors (Lipinski definition) is 3. The van der Waals surface area contributed by atoms with E-state index in [4.69, 9.17) is 16.3 Å². The first-order valence-corrected chi connectivity index (χ1v) is 5.20. The van der Waals surface area contributed by atoms with E-state index in [1.807, 2.05) is 0 Å². The fourth-order valence-corrected chi connectivity index (χ4v) is 1.85. The molecule has 15 heavy (non-hydrogen) atoms. The molecule has 1 aliphatic rings. The second-order valence-corrected chi connectivity index (χ2v) is 4.39. The predicted octanol–water partition coefficient (Wildman–Crippen LogP) is 2.12. The summed E-state index contributed by atoms with van der Waals surface area (Å²) >= 11 is 6.01. The van der Waals surface area contributed by atoms with Crippen molar-refractivity contribution in [2.45, 2.75) is 24.9 Å². The van der Waals surface area contributed by atoms with Gasteiger partial charge in [-0.15, -0.1) is 0 Å². The maximum Gasteiger partial charge on any atom is 0.165 e. The highest BCUT2D eigenvalue weighted by molar-refractivity contribution is 6.31. The first-order chi connectivity index (χ1) is 7.06. The van der Waals surface area contributed by atoms with Gasteiger partial charge in [0.2, 0.25) is 0 Å². The number of phenols is 1. The van der Waals surface area contributed by atoms with Gasteiger partial charge in [-0.25, -0.2) is 0 Å². The van der Waals surface area contributed by atoms with Gasteiger partial charge in [-0.05, 0) is 25.0 Å². The molecule has 0 atom stereocenters. The van der Waals surface area contributed by atoms with Crippen molar-refractivity contribution in [2.75, 3.05) is 7.11 Å². The molecule has 0 aliphatic heterocycles. The maximum atomic E-state index is 9.82. The van der Waals surface area contributed by atoms with E-state index < -0.39 is 5.60 Å². The second kappa shape index (κ2) is 3.58. The van der Waals surface area contributed by atoms with Crippen LogP contribution in [-0.2, 0) is 6.42 Å². The molecule has 0 spiro atoms. The van der Waals surface area contributed by atoms with Crippen molar-refractivity contribution in [1.29, 1.82) is 0 Å². The lowest BCUT2D eigenvalue weighted by Crippen LogP contribution is -2.12. The van der Waals surface area contributed by atoms with E-state index >= 15 is 0 Å². The molecule has 1 fully saturated rings. The molecule has 1 aliphatic carbocycles. The lowest BCUT2D eigenvalue weighted by molar-refractivity contribution is 0.150. The Bertz CT molecular complexity index is 386. The number of aromatic hydroxyl groups is 1. The number of phenolic OH excluding ortho intramolecular Hbond substituents is 1. The second-order valence-electron chi connectivity index (χ2n) is 3.98. The Morgan fingerprint density at radius 1 is 1.47 bits per heavy atom. The van der Waals surface area contributed by atoms with Gasteiger partial charge < -0.3 is 14.9 Å². The minimum absolute atomic E-state index is 0.0566. The molecular weight excluding hydrogens is 216 g/mol. The predicted molar refractivity (Wildman–Crippen MR) is 57.6 cm³/mol. The number of ether oxygens (including phenoxy) is 1. The SMILES string of the molecule is COc1c(O)ccc(Cl)c1CC1(O)CC1. The Balaban J connectivity index is 2.38. The van der Waals surface area contributed by atoms with E-state index in [1.54, 1.807) is 6.07 Å². The van der Waals surface area contributed by atoms with E-state index in [9.17, 15) is 10.2 Å². The molecule has 0 bridgehead atoms. The topological polar surface area (TPSA) is 49.7 Å². The van der Waals surface area contributed by atoms with Crippen molar-refractivity contribution in [2.24, 2.45) is 0 Å². The lowest BCUT2D eigenvalue weighted by Gasteiger charge is -2.14. The first kappa shape index (κ1) is 10.6. The van der Waals surface area contributed by atoms with Crippen molar-refractivity contribution in [3.05, 3.63) is 22.7 Å². The molecule has 0 amide bonds. The molecule has 0 radical (unpaired) electrons. The molecule has 82 valence electrons. The van der Waals surface area contributed by atoms with E-state index in [-0.39, 0.29) is 5.75 Å². The van der Waals surface area contributed by atoms with E-state index in [0.29, 0.717) is 22.8 Å². The van der Waals surface area contributed by atoms with Crippen molar-refractivity contribution >= 4 is 11.6 Å². The highest BCUT2D eigenvalue weighted by Gasteiger charge is 2.41. The zero-order valence-electron chi connectivity index (χ0n) is 8.46. The van der Waals surface area contributed by atoms with Crippen LogP contribution in [0.3, 0.4) is 0 Å². The summed E-state index contributed by atoms with van der Waals surface area (Å²) in [6.07, 6.45) is 1.99. The Hall–Kier alpha value is -0.930. The third-order valence-electron chi connectivity index (χ3n) is 2.72. The summed E-state index contributed by atoms with van der Waals surface area (Å²) in [5, 5.41) is 19.9. The number of rotatable bonds is 3. The third-order valence-corrected chi connectivity index (χ3v) is 3.07. The third kappa shape index (κ3) is 2.03. The summed E-state index contributed by atoms with van der Waals surface area (Å²) in [4.78, 5) is 0. The van der Waals surface area contributed by atoms with Crippen LogP contribution in [0.25, 0.3) is 0 Å². The number of hydrogen-bond donors (Lipinski definition) is 2. The van der Waals surface area contributed by atoms with Crippen LogP contribution in [0.15, 0.2) is 12.1 Å². The van der Waals surface area contributed by atoms with Gasteiger partial charge in [-0.3, -0.25) is 0 Å². The molecule has 0 aromatic heterocycles. The lowest BCUT2D eigenvalue weighted by atomic mass is 10.0. The van der Waals surface area contributed by atoms with Crippen LogP contribution in [0, 0.1) is 0 Å². The molecule has 2 N–H and O–H groups in total. The fourth-order valence-electron chi connectivity index (χ4n) is 1.63. The Kier molecular flexibility index (Phi) is 2.52. The summed E-state index contributed by atoms with van der Waals surface area (Å²) in [6, 6.07) is 3.10.